The summed E-state index contributed by atoms with van der Waals surface area (Å²) in [5.74, 6) is -2.19. The fourth-order valence-electron chi connectivity index (χ4n) is 1.72. The molecule has 26 heavy (non-hydrogen) atoms. The van der Waals surface area contributed by atoms with Gasteiger partial charge in [0.25, 0.3) is 11.8 Å². The first-order valence-corrected chi connectivity index (χ1v) is 7.07. The Kier molecular flexibility index (Phi) is 5.94. The second-order valence-corrected chi connectivity index (χ2v) is 4.85. The van der Waals surface area contributed by atoms with Gasteiger partial charge in [-0.25, -0.2) is 0 Å². The molecule has 2 aromatic rings. The molecule has 0 atom stereocenters. The average Bonchev–Trinajstić information content (AvgIpc) is 3.10. The normalized spacial score (nSPS) is 10.9. The summed E-state index contributed by atoms with van der Waals surface area (Å²) in [5.41, 5.74) is -0.957. The Morgan fingerprint density at radius 2 is 1.81 bits per heavy atom. The van der Waals surface area contributed by atoms with Crippen LogP contribution in [0, 0.1) is 0 Å². The van der Waals surface area contributed by atoms with Gasteiger partial charge in [0.15, 0.2) is 12.4 Å². The van der Waals surface area contributed by atoms with Gasteiger partial charge in [0.1, 0.15) is 12.8 Å². The largest absolute Gasteiger partial charge is 0.454 e. The molecule has 0 fully saturated rings. The molecule has 2 rings (SSSR count). The molecule has 0 radical (unpaired) electrons. The van der Waals surface area contributed by atoms with Crippen molar-refractivity contribution >= 4 is 23.6 Å². The predicted octanol–water partition coefficient (Wildman–Crippen LogP) is 1.61. The van der Waals surface area contributed by atoms with E-state index >= 15 is 0 Å². The average molecular weight is 371 g/mol. The van der Waals surface area contributed by atoms with E-state index in [4.69, 9.17) is 0 Å². The van der Waals surface area contributed by atoms with Crippen LogP contribution in [0.2, 0.25) is 0 Å². The Balaban J connectivity index is 1.74. The Bertz CT molecular complexity index is 773. The lowest BCUT2D eigenvalue weighted by Gasteiger charge is -2.08. The molecular weight excluding hydrogens is 359 g/mol. The molecule has 8 nitrogen and oxygen atoms in total. The van der Waals surface area contributed by atoms with Crippen LogP contribution in [0.4, 0.5) is 19.0 Å². The summed E-state index contributed by atoms with van der Waals surface area (Å²) >= 11 is 0. The molecule has 11 heteroatoms. The van der Waals surface area contributed by atoms with E-state index < -0.39 is 42.7 Å². The summed E-state index contributed by atoms with van der Waals surface area (Å²) in [6.07, 6.45) is -3.27. The topological polar surface area (TPSA) is 111 Å². The molecule has 0 saturated carbocycles. The summed E-state index contributed by atoms with van der Waals surface area (Å²) in [6.45, 7) is -1.17. The predicted molar refractivity (Wildman–Crippen MR) is 79.9 cm³/mol. The van der Waals surface area contributed by atoms with Crippen LogP contribution in [0.1, 0.15) is 15.9 Å². The number of amides is 2. The number of carbonyl (C=O) groups is 3. The first kappa shape index (κ1) is 19.0. The van der Waals surface area contributed by atoms with Crippen molar-refractivity contribution in [2.24, 2.45) is 0 Å². The van der Waals surface area contributed by atoms with Gasteiger partial charge in [0.2, 0.25) is 0 Å². The number of rotatable bonds is 6. The lowest BCUT2D eigenvalue weighted by atomic mass is 10.1. The van der Waals surface area contributed by atoms with E-state index in [1.54, 1.807) is 0 Å². The number of hydrogen-bond donors (Lipinski definition) is 2. The lowest BCUT2D eigenvalue weighted by molar-refractivity contribution is -0.146. The van der Waals surface area contributed by atoms with Crippen LogP contribution in [-0.2, 0) is 20.5 Å². The third-order valence-corrected chi connectivity index (χ3v) is 2.94. The van der Waals surface area contributed by atoms with E-state index in [9.17, 15) is 27.6 Å². The summed E-state index contributed by atoms with van der Waals surface area (Å²) in [6, 6.07) is 4.84. The molecule has 1 heterocycles. The Morgan fingerprint density at radius 1 is 1.12 bits per heavy atom. The number of carbonyl (C=O) groups excluding carboxylic acids is 3. The second-order valence-electron chi connectivity index (χ2n) is 4.85. The van der Waals surface area contributed by atoms with E-state index in [0.717, 1.165) is 24.3 Å². The van der Waals surface area contributed by atoms with Crippen LogP contribution in [0.15, 0.2) is 41.1 Å². The molecule has 0 bridgehead atoms. The van der Waals surface area contributed by atoms with Gasteiger partial charge in [-0.3, -0.25) is 14.4 Å². The van der Waals surface area contributed by atoms with Crippen LogP contribution in [0.25, 0.3) is 0 Å². The molecule has 0 unspecified atom stereocenters. The first-order chi connectivity index (χ1) is 12.3. The van der Waals surface area contributed by atoms with Crippen LogP contribution in [0.3, 0.4) is 0 Å². The molecule has 1 aromatic heterocycles. The molecular formula is C15H12F3N3O5. The van der Waals surface area contributed by atoms with Crippen molar-refractivity contribution in [3.8, 4) is 0 Å². The maximum absolute atomic E-state index is 12.4. The number of hydrogen-bond acceptors (Lipinski definition) is 6. The van der Waals surface area contributed by atoms with Crippen LogP contribution in [0.5, 0.6) is 0 Å². The van der Waals surface area contributed by atoms with Gasteiger partial charge in [0, 0.05) is 11.6 Å². The quantitative estimate of drug-likeness (QED) is 0.747. The zero-order valence-corrected chi connectivity index (χ0v) is 13.0. The number of nitrogens with one attached hydrogen (secondary N) is 2. The monoisotopic (exact) mass is 371 g/mol. The number of benzene rings is 1. The molecule has 2 amide bonds. The van der Waals surface area contributed by atoms with E-state index in [1.165, 1.54) is 12.3 Å². The zero-order chi connectivity index (χ0) is 19.2. The first-order valence-electron chi connectivity index (χ1n) is 7.07. The van der Waals surface area contributed by atoms with Crippen LogP contribution in [-0.4, -0.2) is 36.1 Å². The molecule has 1 aromatic carbocycles. The van der Waals surface area contributed by atoms with Gasteiger partial charge in [-0.05, 0) is 24.3 Å². The van der Waals surface area contributed by atoms with E-state index in [1.807, 2.05) is 0 Å². The maximum Gasteiger partial charge on any atom is 0.416 e. The lowest BCUT2D eigenvalue weighted by Crippen LogP contribution is -2.32. The molecule has 0 aliphatic heterocycles. The molecule has 0 spiro atoms. The number of nitrogens with zero attached hydrogens (tertiary/aromatic N) is 1. The minimum absolute atomic E-state index is 0.0606. The fourth-order valence-corrected chi connectivity index (χ4v) is 1.72. The van der Waals surface area contributed by atoms with E-state index in [0.29, 0.717) is 0 Å². The van der Waals surface area contributed by atoms with Crippen molar-refractivity contribution in [3.05, 3.63) is 47.7 Å². The van der Waals surface area contributed by atoms with Gasteiger partial charge >= 0.3 is 12.1 Å². The Hall–Kier alpha value is -3.37. The number of alkyl halides is 3. The van der Waals surface area contributed by atoms with Crippen molar-refractivity contribution in [1.82, 2.24) is 10.5 Å². The molecule has 2 N–H and O–H groups in total. The summed E-state index contributed by atoms with van der Waals surface area (Å²) < 4.78 is 46.4. The number of aromatic nitrogens is 1. The van der Waals surface area contributed by atoms with E-state index in [2.05, 4.69) is 25.1 Å². The number of esters is 1. The van der Waals surface area contributed by atoms with Gasteiger partial charge in [-0.2, -0.15) is 13.2 Å². The number of halogens is 3. The Morgan fingerprint density at radius 3 is 2.38 bits per heavy atom. The molecule has 0 aliphatic rings. The van der Waals surface area contributed by atoms with Crippen molar-refractivity contribution in [3.63, 3.8) is 0 Å². The third kappa shape index (κ3) is 5.61. The number of ether oxygens (including phenoxy) is 1. The number of anilines is 1. The highest BCUT2D eigenvalue weighted by atomic mass is 19.4. The van der Waals surface area contributed by atoms with Gasteiger partial charge in [-0.1, -0.05) is 5.16 Å². The van der Waals surface area contributed by atoms with Crippen molar-refractivity contribution < 1.29 is 36.8 Å². The highest BCUT2D eigenvalue weighted by Gasteiger charge is 2.30. The minimum atomic E-state index is -4.51. The van der Waals surface area contributed by atoms with Gasteiger partial charge in [-0.15, -0.1) is 0 Å². The summed E-state index contributed by atoms with van der Waals surface area (Å²) in [5, 5.41) is 7.88. The molecule has 0 saturated heterocycles. The SMILES string of the molecule is O=C(COC(=O)CNC(=O)c1ccc(C(F)(F)F)cc1)Nc1ccon1. The fraction of sp³-hybridized carbons (Fsp3) is 0.200. The van der Waals surface area contributed by atoms with Crippen LogP contribution < -0.4 is 10.6 Å². The highest BCUT2D eigenvalue weighted by molar-refractivity contribution is 5.96. The second kappa shape index (κ2) is 8.14. The van der Waals surface area contributed by atoms with Crippen molar-refractivity contribution in [2.75, 3.05) is 18.5 Å². The summed E-state index contributed by atoms with van der Waals surface area (Å²) in [4.78, 5) is 34.7. The standard InChI is InChI=1S/C15H12F3N3O5/c16-15(17,18)10-3-1-9(2-4-10)14(24)19-7-13(23)25-8-12(22)20-11-5-6-26-21-11/h1-6H,7-8H2,(H,19,24)(H,20,21,22). The zero-order valence-electron chi connectivity index (χ0n) is 13.0. The highest BCUT2D eigenvalue weighted by Crippen LogP contribution is 2.29. The molecule has 138 valence electrons. The third-order valence-electron chi connectivity index (χ3n) is 2.94. The van der Waals surface area contributed by atoms with Crippen molar-refractivity contribution in [2.45, 2.75) is 6.18 Å². The van der Waals surface area contributed by atoms with E-state index in [-0.39, 0.29) is 11.4 Å². The van der Waals surface area contributed by atoms with Crippen molar-refractivity contribution in [1.29, 1.82) is 0 Å². The maximum atomic E-state index is 12.4. The van der Waals surface area contributed by atoms with Gasteiger partial charge in [0.05, 0.1) is 5.56 Å². The minimum Gasteiger partial charge on any atom is -0.454 e. The molecule has 0 aliphatic carbocycles. The Labute approximate surface area is 144 Å². The van der Waals surface area contributed by atoms with Crippen LogP contribution >= 0.6 is 0 Å². The van der Waals surface area contributed by atoms with Gasteiger partial charge < -0.3 is 19.9 Å². The smallest absolute Gasteiger partial charge is 0.416 e. The summed E-state index contributed by atoms with van der Waals surface area (Å²) in [7, 11) is 0.